The summed E-state index contributed by atoms with van der Waals surface area (Å²) in [5.74, 6) is 1.78. The Morgan fingerprint density at radius 1 is 0.789 bits per heavy atom. The fourth-order valence-corrected chi connectivity index (χ4v) is 1.92. The molecule has 0 amide bonds. The third-order valence-electron chi connectivity index (χ3n) is 3.11. The minimum absolute atomic E-state index is 0.780. The molecule has 19 heavy (non-hydrogen) atoms. The first kappa shape index (κ1) is 15.9. The van der Waals surface area contributed by atoms with Gasteiger partial charge in [0.25, 0.3) is 0 Å². The van der Waals surface area contributed by atoms with Crippen molar-refractivity contribution in [3.8, 4) is 11.5 Å². The molecular formula is C17H28O2. The number of hydrogen-bond acceptors (Lipinski definition) is 2. The lowest BCUT2D eigenvalue weighted by atomic mass is 10.2. The predicted octanol–water partition coefficient (Wildman–Crippen LogP) is 5.13. The van der Waals surface area contributed by atoms with Gasteiger partial charge in [-0.2, -0.15) is 0 Å². The van der Waals surface area contributed by atoms with Gasteiger partial charge in [0.2, 0.25) is 0 Å². The van der Waals surface area contributed by atoms with Crippen molar-refractivity contribution in [2.45, 2.75) is 59.3 Å². The highest BCUT2D eigenvalue weighted by atomic mass is 16.5. The molecule has 0 heterocycles. The van der Waals surface area contributed by atoms with Crippen molar-refractivity contribution in [2.24, 2.45) is 0 Å². The van der Waals surface area contributed by atoms with E-state index in [1.165, 1.54) is 31.2 Å². The van der Waals surface area contributed by atoms with Crippen molar-refractivity contribution >= 4 is 0 Å². The Kier molecular flexibility index (Phi) is 8.11. The second-order valence-corrected chi connectivity index (χ2v) is 5.06. The predicted molar refractivity (Wildman–Crippen MR) is 81.2 cm³/mol. The lowest BCUT2D eigenvalue weighted by Crippen LogP contribution is -2.02. The Morgan fingerprint density at radius 2 is 1.37 bits per heavy atom. The van der Waals surface area contributed by atoms with Crippen LogP contribution >= 0.6 is 0 Å². The summed E-state index contributed by atoms with van der Waals surface area (Å²) in [6, 6.07) is 6.17. The summed E-state index contributed by atoms with van der Waals surface area (Å²) >= 11 is 0. The third kappa shape index (κ3) is 6.51. The molecule has 0 bridgehead atoms. The maximum Gasteiger partial charge on any atom is 0.161 e. The zero-order valence-corrected chi connectivity index (χ0v) is 12.7. The topological polar surface area (TPSA) is 18.5 Å². The van der Waals surface area contributed by atoms with E-state index in [0.717, 1.165) is 37.6 Å². The molecule has 0 unspecified atom stereocenters. The molecule has 0 spiro atoms. The molecule has 0 aliphatic rings. The lowest BCUT2D eigenvalue weighted by Gasteiger charge is -2.13. The van der Waals surface area contributed by atoms with Crippen molar-refractivity contribution in [1.29, 1.82) is 0 Å². The molecule has 108 valence electrons. The maximum atomic E-state index is 5.85. The van der Waals surface area contributed by atoms with Crippen molar-refractivity contribution in [3.63, 3.8) is 0 Å². The average Bonchev–Trinajstić information content (AvgIpc) is 2.41. The van der Waals surface area contributed by atoms with Crippen LogP contribution in [0.5, 0.6) is 11.5 Å². The van der Waals surface area contributed by atoms with Crippen LogP contribution in [0.25, 0.3) is 0 Å². The van der Waals surface area contributed by atoms with Gasteiger partial charge in [-0.1, -0.05) is 45.6 Å². The normalized spacial score (nSPS) is 10.5. The van der Waals surface area contributed by atoms with Gasteiger partial charge in [-0.3, -0.25) is 0 Å². The second kappa shape index (κ2) is 9.71. The molecule has 0 saturated heterocycles. The number of rotatable bonds is 10. The Bertz CT molecular complexity index is 347. The molecule has 1 rings (SSSR count). The number of hydrogen-bond donors (Lipinski definition) is 0. The molecule has 2 nitrogen and oxygen atoms in total. The van der Waals surface area contributed by atoms with Crippen LogP contribution in [0, 0.1) is 6.92 Å². The Hall–Kier alpha value is -1.18. The molecule has 2 heteroatoms. The third-order valence-corrected chi connectivity index (χ3v) is 3.11. The van der Waals surface area contributed by atoms with E-state index in [1.54, 1.807) is 0 Å². The summed E-state index contributed by atoms with van der Waals surface area (Å²) in [7, 11) is 0. The minimum Gasteiger partial charge on any atom is -0.490 e. The van der Waals surface area contributed by atoms with E-state index >= 15 is 0 Å². The summed E-state index contributed by atoms with van der Waals surface area (Å²) in [6.07, 6.45) is 7.10. The van der Waals surface area contributed by atoms with Crippen LogP contribution < -0.4 is 9.47 Å². The van der Waals surface area contributed by atoms with Gasteiger partial charge in [-0.05, 0) is 37.5 Å². The van der Waals surface area contributed by atoms with Crippen molar-refractivity contribution < 1.29 is 9.47 Å². The van der Waals surface area contributed by atoms with Gasteiger partial charge in [0, 0.05) is 0 Å². The zero-order valence-electron chi connectivity index (χ0n) is 12.7. The van der Waals surface area contributed by atoms with Crippen molar-refractivity contribution in [3.05, 3.63) is 23.8 Å². The molecule has 0 fully saturated rings. The number of benzene rings is 1. The molecule has 0 aliphatic carbocycles. The second-order valence-electron chi connectivity index (χ2n) is 5.06. The molecule has 1 aromatic carbocycles. The SMILES string of the molecule is CCCCCOc1ccc(C)cc1OCCCCC. The molecular weight excluding hydrogens is 236 g/mol. The van der Waals surface area contributed by atoms with E-state index in [-0.39, 0.29) is 0 Å². The Balaban J connectivity index is 2.48. The van der Waals surface area contributed by atoms with Crippen LogP contribution in [-0.2, 0) is 0 Å². The molecule has 1 aromatic rings. The highest BCUT2D eigenvalue weighted by Gasteiger charge is 2.05. The van der Waals surface area contributed by atoms with E-state index in [4.69, 9.17) is 9.47 Å². The fraction of sp³-hybridized carbons (Fsp3) is 0.647. The van der Waals surface area contributed by atoms with E-state index in [0.29, 0.717) is 0 Å². The van der Waals surface area contributed by atoms with Crippen LogP contribution in [0.1, 0.15) is 57.9 Å². The van der Waals surface area contributed by atoms with Crippen molar-refractivity contribution in [1.82, 2.24) is 0 Å². The average molecular weight is 264 g/mol. The summed E-state index contributed by atoms with van der Waals surface area (Å²) < 4.78 is 11.7. The summed E-state index contributed by atoms with van der Waals surface area (Å²) in [6.45, 7) is 8.05. The van der Waals surface area contributed by atoms with E-state index in [1.807, 2.05) is 6.07 Å². The van der Waals surface area contributed by atoms with Crippen LogP contribution in [0.15, 0.2) is 18.2 Å². The van der Waals surface area contributed by atoms with Gasteiger partial charge in [-0.25, -0.2) is 0 Å². The fourth-order valence-electron chi connectivity index (χ4n) is 1.92. The van der Waals surface area contributed by atoms with Gasteiger partial charge < -0.3 is 9.47 Å². The molecule has 0 aromatic heterocycles. The smallest absolute Gasteiger partial charge is 0.161 e. The van der Waals surface area contributed by atoms with E-state index in [9.17, 15) is 0 Å². The standard InChI is InChI=1S/C17H28O2/c1-4-6-8-12-18-16-11-10-15(3)14-17(16)19-13-9-7-5-2/h10-11,14H,4-9,12-13H2,1-3H3. The highest BCUT2D eigenvalue weighted by molar-refractivity contribution is 5.42. The largest absolute Gasteiger partial charge is 0.490 e. The number of aryl methyl sites for hydroxylation is 1. The quantitative estimate of drug-likeness (QED) is 0.545. The van der Waals surface area contributed by atoms with Crippen LogP contribution in [-0.4, -0.2) is 13.2 Å². The monoisotopic (exact) mass is 264 g/mol. The van der Waals surface area contributed by atoms with Crippen molar-refractivity contribution in [2.75, 3.05) is 13.2 Å². The zero-order chi connectivity index (χ0) is 13.9. The first-order chi connectivity index (χ1) is 9.27. The maximum absolute atomic E-state index is 5.85. The van der Waals surface area contributed by atoms with E-state index in [2.05, 4.69) is 32.9 Å². The van der Waals surface area contributed by atoms with Crippen LogP contribution in [0.2, 0.25) is 0 Å². The molecule has 0 saturated carbocycles. The molecule has 0 radical (unpaired) electrons. The number of unbranched alkanes of at least 4 members (excludes halogenated alkanes) is 4. The summed E-state index contributed by atoms with van der Waals surface area (Å²) in [4.78, 5) is 0. The van der Waals surface area contributed by atoms with Crippen LogP contribution in [0.4, 0.5) is 0 Å². The summed E-state index contributed by atoms with van der Waals surface area (Å²) in [5, 5.41) is 0. The summed E-state index contributed by atoms with van der Waals surface area (Å²) in [5.41, 5.74) is 1.21. The van der Waals surface area contributed by atoms with Gasteiger partial charge >= 0.3 is 0 Å². The Labute approximate surface area is 118 Å². The van der Waals surface area contributed by atoms with Gasteiger partial charge in [-0.15, -0.1) is 0 Å². The number of ether oxygens (including phenoxy) is 2. The van der Waals surface area contributed by atoms with Gasteiger partial charge in [0.05, 0.1) is 13.2 Å². The lowest BCUT2D eigenvalue weighted by molar-refractivity contribution is 0.259. The van der Waals surface area contributed by atoms with Gasteiger partial charge in [0.15, 0.2) is 11.5 Å². The van der Waals surface area contributed by atoms with Gasteiger partial charge in [0.1, 0.15) is 0 Å². The molecule has 0 N–H and O–H groups in total. The molecule has 0 aliphatic heterocycles. The minimum atomic E-state index is 0.780. The first-order valence-electron chi connectivity index (χ1n) is 7.64. The molecule has 0 atom stereocenters. The van der Waals surface area contributed by atoms with Crippen LogP contribution in [0.3, 0.4) is 0 Å². The van der Waals surface area contributed by atoms with E-state index < -0.39 is 0 Å². The Morgan fingerprint density at radius 3 is 1.95 bits per heavy atom. The highest BCUT2D eigenvalue weighted by Crippen LogP contribution is 2.28. The first-order valence-corrected chi connectivity index (χ1v) is 7.64.